The molecule has 0 atom stereocenters. The topological polar surface area (TPSA) is 58.4 Å². The molecule has 1 heterocycles. The molecule has 2 rings (SSSR count). The standard InChI is InChI=1S/C14H20BrN3O/c1-14(2,13(19)18-7-3-4-8-18)10-5-6-12(17-16)11(15)9-10/h5-6,9,17H,3-4,7-8,16H2,1-2H3. The number of rotatable bonds is 3. The molecule has 1 aliphatic heterocycles. The lowest BCUT2D eigenvalue weighted by molar-refractivity contribution is -0.135. The van der Waals surface area contributed by atoms with E-state index in [0.717, 1.165) is 41.7 Å². The van der Waals surface area contributed by atoms with Gasteiger partial charge in [-0.2, -0.15) is 0 Å². The first-order chi connectivity index (χ1) is 8.96. The van der Waals surface area contributed by atoms with E-state index in [0.29, 0.717) is 0 Å². The van der Waals surface area contributed by atoms with E-state index in [9.17, 15) is 4.79 Å². The summed E-state index contributed by atoms with van der Waals surface area (Å²) >= 11 is 3.47. The maximum Gasteiger partial charge on any atom is 0.232 e. The molecular weight excluding hydrogens is 306 g/mol. The van der Waals surface area contributed by atoms with E-state index in [2.05, 4.69) is 21.4 Å². The van der Waals surface area contributed by atoms with Gasteiger partial charge in [-0.25, -0.2) is 0 Å². The fourth-order valence-electron chi connectivity index (χ4n) is 2.46. The minimum Gasteiger partial charge on any atom is -0.342 e. The second-order valence-electron chi connectivity index (χ2n) is 5.46. The number of anilines is 1. The van der Waals surface area contributed by atoms with E-state index >= 15 is 0 Å². The predicted octanol–water partition coefficient (Wildman–Crippen LogP) is 2.63. The Morgan fingerprint density at radius 1 is 1.37 bits per heavy atom. The largest absolute Gasteiger partial charge is 0.342 e. The molecule has 0 saturated carbocycles. The van der Waals surface area contributed by atoms with Crippen molar-refractivity contribution < 1.29 is 4.79 Å². The number of benzene rings is 1. The molecule has 0 unspecified atom stereocenters. The van der Waals surface area contributed by atoms with E-state index in [1.165, 1.54) is 0 Å². The summed E-state index contributed by atoms with van der Waals surface area (Å²) in [4.78, 5) is 14.6. The SMILES string of the molecule is CC(C)(C(=O)N1CCCC1)c1ccc(NN)c(Br)c1. The van der Waals surface area contributed by atoms with Gasteiger partial charge < -0.3 is 10.3 Å². The quantitative estimate of drug-likeness (QED) is 0.663. The van der Waals surface area contributed by atoms with Crippen molar-refractivity contribution >= 4 is 27.5 Å². The number of hydrogen-bond donors (Lipinski definition) is 2. The second kappa shape index (κ2) is 5.51. The van der Waals surface area contributed by atoms with Crippen molar-refractivity contribution in [3.63, 3.8) is 0 Å². The van der Waals surface area contributed by atoms with Crippen LogP contribution >= 0.6 is 15.9 Å². The van der Waals surface area contributed by atoms with Crippen LogP contribution in [-0.4, -0.2) is 23.9 Å². The Morgan fingerprint density at radius 3 is 2.53 bits per heavy atom. The molecule has 0 bridgehead atoms. The molecular formula is C14H20BrN3O. The minimum absolute atomic E-state index is 0.199. The van der Waals surface area contributed by atoms with Crippen LogP contribution in [0.3, 0.4) is 0 Å². The zero-order valence-electron chi connectivity index (χ0n) is 11.4. The Balaban J connectivity index is 2.27. The number of carbonyl (C=O) groups excluding carboxylic acids is 1. The van der Waals surface area contributed by atoms with Gasteiger partial charge in [-0.05, 0) is 60.3 Å². The van der Waals surface area contributed by atoms with Crippen molar-refractivity contribution in [2.24, 2.45) is 5.84 Å². The summed E-state index contributed by atoms with van der Waals surface area (Å²) in [7, 11) is 0. The number of hydrogen-bond acceptors (Lipinski definition) is 3. The summed E-state index contributed by atoms with van der Waals surface area (Å²) in [6.07, 6.45) is 2.23. The van der Waals surface area contributed by atoms with Crippen LogP contribution in [0.1, 0.15) is 32.3 Å². The minimum atomic E-state index is -0.514. The highest BCUT2D eigenvalue weighted by molar-refractivity contribution is 9.10. The van der Waals surface area contributed by atoms with Crippen LogP contribution in [0.15, 0.2) is 22.7 Å². The Kier molecular flexibility index (Phi) is 4.16. The number of nitrogen functional groups attached to an aromatic ring is 1. The summed E-state index contributed by atoms with van der Waals surface area (Å²) in [5, 5.41) is 0. The van der Waals surface area contributed by atoms with Crippen LogP contribution < -0.4 is 11.3 Å². The molecule has 3 N–H and O–H groups in total. The number of carbonyl (C=O) groups is 1. The first-order valence-electron chi connectivity index (χ1n) is 6.53. The average Bonchev–Trinajstić information content (AvgIpc) is 2.91. The van der Waals surface area contributed by atoms with Crippen LogP contribution in [0.2, 0.25) is 0 Å². The van der Waals surface area contributed by atoms with Gasteiger partial charge in [0.2, 0.25) is 5.91 Å². The highest BCUT2D eigenvalue weighted by Crippen LogP contribution is 2.32. The molecule has 1 aromatic rings. The fraction of sp³-hybridized carbons (Fsp3) is 0.500. The van der Waals surface area contributed by atoms with Crippen molar-refractivity contribution in [1.29, 1.82) is 0 Å². The molecule has 4 nitrogen and oxygen atoms in total. The molecule has 1 aliphatic rings. The number of nitrogens with two attached hydrogens (primary N) is 1. The Labute approximate surface area is 122 Å². The third-order valence-electron chi connectivity index (χ3n) is 3.77. The number of halogens is 1. The monoisotopic (exact) mass is 325 g/mol. The molecule has 0 aliphatic carbocycles. The van der Waals surface area contributed by atoms with E-state index in [1.54, 1.807) is 0 Å². The van der Waals surface area contributed by atoms with Crippen LogP contribution in [-0.2, 0) is 10.2 Å². The third-order valence-corrected chi connectivity index (χ3v) is 4.43. The zero-order chi connectivity index (χ0) is 14.0. The lowest BCUT2D eigenvalue weighted by atomic mass is 9.83. The van der Waals surface area contributed by atoms with Gasteiger partial charge in [-0.1, -0.05) is 6.07 Å². The third kappa shape index (κ3) is 2.77. The van der Waals surface area contributed by atoms with Gasteiger partial charge in [0.15, 0.2) is 0 Å². The van der Waals surface area contributed by atoms with Crippen molar-refractivity contribution in [3.8, 4) is 0 Å². The summed E-state index contributed by atoms with van der Waals surface area (Å²) in [6.45, 7) is 5.72. The van der Waals surface area contributed by atoms with E-state index < -0.39 is 5.41 Å². The number of likely N-dealkylation sites (tertiary alicyclic amines) is 1. The molecule has 0 spiro atoms. The van der Waals surface area contributed by atoms with Gasteiger partial charge in [0.1, 0.15) is 0 Å². The summed E-state index contributed by atoms with van der Waals surface area (Å²) in [6, 6.07) is 5.80. The molecule has 0 aromatic heterocycles. The second-order valence-corrected chi connectivity index (χ2v) is 6.32. The number of hydrazine groups is 1. The number of amides is 1. The molecule has 1 fully saturated rings. The maximum atomic E-state index is 12.6. The van der Waals surface area contributed by atoms with Crippen LogP contribution in [0.4, 0.5) is 5.69 Å². The van der Waals surface area contributed by atoms with Crippen molar-refractivity contribution in [3.05, 3.63) is 28.2 Å². The van der Waals surface area contributed by atoms with Gasteiger partial charge in [0, 0.05) is 17.6 Å². The number of nitrogens with one attached hydrogen (secondary N) is 1. The smallest absolute Gasteiger partial charge is 0.232 e. The highest BCUT2D eigenvalue weighted by Gasteiger charge is 2.35. The summed E-state index contributed by atoms with van der Waals surface area (Å²) in [5.41, 5.74) is 3.91. The van der Waals surface area contributed by atoms with Gasteiger partial charge in [-0.15, -0.1) is 0 Å². The van der Waals surface area contributed by atoms with Crippen LogP contribution in [0.25, 0.3) is 0 Å². The van der Waals surface area contributed by atoms with Crippen molar-refractivity contribution in [1.82, 2.24) is 4.90 Å². The number of nitrogens with zero attached hydrogens (tertiary/aromatic N) is 1. The Hall–Kier alpha value is -1.07. The Bertz CT molecular complexity index is 482. The van der Waals surface area contributed by atoms with Gasteiger partial charge in [0.05, 0.1) is 11.1 Å². The first kappa shape index (κ1) is 14.3. The normalized spacial score (nSPS) is 15.7. The lowest BCUT2D eigenvalue weighted by Gasteiger charge is -2.30. The fourth-order valence-corrected chi connectivity index (χ4v) is 2.95. The van der Waals surface area contributed by atoms with Crippen LogP contribution in [0, 0.1) is 0 Å². The van der Waals surface area contributed by atoms with E-state index in [-0.39, 0.29) is 5.91 Å². The molecule has 19 heavy (non-hydrogen) atoms. The van der Waals surface area contributed by atoms with Crippen molar-refractivity contribution in [2.75, 3.05) is 18.5 Å². The van der Waals surface area contributed by atoms with E-state index in [4.69, 9.17) is 5.84 Å². The first-order valence-corrected chi connectivity index (χ1v) is 7.32. The zero-order valence-corrected chi connectivity index (χ0v) is 13.0. The summed E-state index contributed by atoms with van der Waals surface area (Å²) < 4.78 is 0.870. The maximum absolute atomic E-state index is 12.6. The van der Waals surface area contributed by atoms with Crippen LogP contribution in [0.5, 0.6) is 0 Å². The van der Waals surface area contributed by atoms with E-state index in [1.807, 2.05) is 36.9 Å². The molecule has 5 heteroatoms. The molecule has 104 valence electrons. The van der Waals surface area contributed by atoms with Gasteiger partial charge in [0.25, 0.3) is 0 Å². The molecule has 1 amide bonds. The van der Waals surface area contributed by atoms with Gasteiger partial charge >= 0.3 is 0 Å². The molecule has 1 saturated heterocycles. The van der Waals surface area contributed by atoms with Crippen molar-refractivity contribution in [2.45, 2.75) is 32.1 Å². The highest BCUT2D eigenvalue weighted by atomic mass is 79.9. The average molecular weight is 326 g/mol. The predicted molar refractivity (Wildman–Crippen MR) is 80.8 cm³/mol. The molecule has 1 aromatic carbocycles. The lowest BCUT2D eigenvalue weighted by Crippen LogP contribution is -2.41. The summed E-state index contributed by atoms with van der Waals surface area (Å²) in [5.74, 6) is 5.61. The molecule has 0 radical (unpaired) electrons. The van der Waals surface area contributed by atoms with Gasteiger partial charge in [-0.3, -0.25) is 10.6 Å². The Morgan fingerprint density at radius 2 is 2.00 bits per heavy atom.